The lowest BCUT2D eigenvalue weighted by atomic mass is 9.99. The third-order valence-corrected chi connectivity index (χ3v) is 6.10. The number of rotatable bonds is 6. The van der Waals surface area contributed by atoms with Crippen LogP contribution in [0.3, 0.4) is 0 Å². The van der Waals surface area contributed by atoms with Crippen LogP contribution >= 0.6 is 0 Å². The number of nitrogens with two attached hydrogens (primary N) is 1. The van der Waals surface area contributed by atoms with Gasteiger partial charge in [-0.3, -0.25) is 15.0 Å². The van der Waals surface area contributed by atoms with Gasteiger partial charge in [0.15, 0.2) is 0 Å². The number of fused-ring (bicyclic) bond motifs is 1. The van der Waals surface area contributed by atoms with Crippen molar-refractivity contribution in [3.8, 4) is 11.5 Å². The normalized spacial score (nSPS) is 16.3. The van der Waals surface area contributed by atoms with Gasteiger partial charge in [-0.25, -0.2) is 23.8 Å². The molecule has 12 heteroatoms. The van der Waals surface area contributed by atoms with Crippen LogP contribution in [0.2, 0.25) is 0 Å². The lowest BCUT2D eigenvalue weighted by molar-refractivity contribution is -0.123. The Morgan fingerprint density at radius 3 is 2.29 bits per heavy atom. The van der Waals surface area contributed by atoms with E-state index < -0.39 is 64.5 Å². The number of nitrogen functional groups attached to an aromatic ring is 1. The highest BCUT2D eigenvalue weighted by Crippen LogP contribution is 2.44. The standard InChI is InChI=1S/C29H29F3N4O5/c1-28(2,3)41-27(39)34-23-15-29(31,32)21-14-22(30)20(25(37)35-33)13-24(21)36(26(23)38)16-17-9-11-19(12-10-17)40-18-7-5-4-6-8-18/h4-14,23H,15-16,33H2,1-3H3,(H,34,39)(H,35,37). The maximum Gasteiger partial charge on any atom is 0.408 e. The van der Waals surface area contributed by atoms with Gasteiger partial charge in [-0.05, 0) is 62.7 Å². The number of halogens is 3. The van der Waals surface area contributed by atoms with E-state index in [1.165, 1.54) is 0 Å². The molecular weight excluding hydrogens is 541 g/mol. The van der Waals surface area contributed by atoms with Crippen molar-refractivity contribution in [3.05, 3.63) is 89.2 Å². The Labute approximate surface area is 234 Å². The first kappa shape index (κ1) is 29.4. The summed E-state index contributed by atoms with van der Waals surface area (Å²) >= 11 is 0. The Hall–Kier alpha value is -4.58. The van der Waals surface area contributed by atoms with E-state index in [0.29, 0.717) is 23.1 Å². The lowest BCUT2D eigenvalue weighted by Gasteiger charge is -2.27. The molecule has 9 nitrogen and oxygen atoms in total. The molecule has 0 spiro atoms. The summed E-state index contributed by atoms with van der Waals surface area (Å²) in [5.41, 5.74) is -0.555. The van der Waals surface area contributed by atoms with Crippen LogP contribution in [-0.4, -0.2) is 29.6 Å². The number of para-hydroxylation sites is 1. The third-order valence-electron chi connectivity index (χ3n) is 6.10. The van der Waals surface area contributed by atoms with E-state index in [1.807, 2.05) is 18.2 Å². The van der Waals surface area contributed by atoms with E-state index in [-0.39, 0.29) is 6.54 Å². The molecule has 0 fully saturated rings. The van der Waals surface area contributed by atoms with Crippen LogP contribution in [0.1, 0.15) is 48.7 Å². The molecule has 216 valence electrons. The third kappa shape index (κ3) is 6.95. The average molecular weight is 571 g/mol. The molecule has 1 aliphatic heterocycles. The first-order chi connectivity index (χ1) is 19.3. The van der Waals surface area contributed by atoms with Crippen molar-refractivity contribution in [3.63, 3.8) is 0 Å². The highest BCUT2D eigenvalue weighted by atomic mass is 19.3. The van der Waals surface area contributed by atoms with Crippen molar-refractivity contribution in [2.75, 3.05) is 4.90 Å². The zero-order chi connectivity index (χ0) is 29.9. The van der Waals surface area contributed by atoms with Crippen LogP contribution < -0.4 is 26.2 Å². The van der Waals surface area contributed by atoms with Gasteiger partial charge >= 0.3 is 6.09 Å². The van der Waals surface area contributed by atoms with Crippen molar-refractivity contribution < 1.29 is 37.0 Å². The van der Waals surface area contributed by atoms with Crippen molar-refractivity contribution >= 4 is 23.6 Å². The van der Waals surface area contributed by atoms with E-state index in [9.17, 15) is 18.8 Å². The van der Waals surface area contributed by atoms with Crippen LogP contribution in [0.15, 0.2) is 66.7 Å². The molecule has 0 saturated carbocycles. The van der Waals surface area contributed by atoms with E-state index in [0.717, 1.165) is 11.0 Å². The number of carbonyl (C=O) groups excluding carboxylic acids is 3. The van der Waals surface area contributed by atoms with Crippen molar-refractivity contribution in [2.45, 2.75) is 51.3 Å². The lowest BCUT2D eigenvalue weighted by Crippen LogP contribution is -2.49. The van der Waals surface area contributed by atoms with Crippen molar-refractivity contribution in [1.82, 2.24) is 10.7 Å². The second kappa shape index (κ2) is 11.5. The smallest absolute Gasteiger partial charge is 0.408 e. The Balaban J connectivity index is 1.73. The monoisotopic (exact) mass is 570 g/mol. The fourth-order valence-corrected chi connectivity index (χ4v) is 4.29. The van der Waals surface area contributed by atoms with Crippen LogP contribution in [0.4, 0.5) is 23.7 Å². The minimum atomic E-state index is -3.77. The number of nitrogens with one attached hydrogen (secondary N) is 2. The topological polar surface area (TPSA) is 123 Å². The summed E-state index contributed by atoms with van der Waals surface area (Å²) in [5, 5.41) is 2.23. The van der Waals surface area contributed by atoms with Crippen LogP contribution in [0.5, 0.6) is 11.5 Å². The first-order valence-electron chi connectivity index (χ1n) is 12.6. The van der Waals surface area contributed by atoms with Gasteiger partial charge in [-0.15, -0.1) is 0 Å². The van der Waals surface area contributed by atoms with E-state index >= 15 is 8.78 Å². The molecule has 41 heavy (non-hydrogen) atoms. The van der Waals surface area contributed by atoms with Crippen molar-refractivity contribution in [2.24, 2.45) is 5.84 Å². The Morgan fingerprint density at radius 1 is 1.05 bits per heavy atom. The number of alkyl carbamates (subject to hydrolysis) is 1. The molecule has 4 rings (SSSR count). The highest BCUT2D eigenvalue weighted by molar-refractivity contribution is 6.02. The quantitative estimate of drug-likeness (QED) is 0.214. The molecule has 3 amide bonds. The Morgan fingerprint density at radius 2 is 1.68 bits per heavy atom. The van der Waals surface area contributed by atoms with Crippen molar-refractivity contribution in [1.29, 1.82) is 0 Å². The number of hydrogen-bond donors (Lipinski definition) is 3. The predicted octanol–water partition coefficient (Wildman–Crippen LogP) is 5.14. The average Bonchev–Trinajstić information content (AvgIpc) is 2.97. The summed E-state index contributed by atoms with van der Waals surface area (Å²) in [6.07, 6.45) is -2.24. The molecule has 0 radical (unpaired) electrons. The molecule has 0 aliphatic carbocycles. The number of carbonyl (C=O) groups is 3. The molecule has 3 aromatic rings. The number of anilines is 1. The van der Waals surface area contributed by atoms with Gasteiger partial charge in [0.05, 0.1) is 17.8 Å². The minimum Gasteiger partial charge on any atom is -0.457 e. The predicted molar refractivity (Wildman–Crippen MR) is 144 cm³/mol. The number of amides is 3. The fourth-order valence-electron chi connectivity index (χ4n) is 4.29. The second-order valence-electron chi connectivity index (χ2n) is 10.4. The first-order valence-corrected chi connectivity index (χ1v) is 12.6. The summed E-state index contributed by atoms with van der Waals surface area (Å²) in [4.78, 5) is 39.4. The van der Waals surface area contributed by atoms with Gasteiger partial charge in [-0.2, -0.15) is 0 Å². The second-order valence-corrected chi connectivity index (χ2v) is 10.4. The van der Waals surface area contributed by atoms with Gasteiger partial charge in [0.1, 0.15) is 29.0 Å². The largest absolute Gasteiger partial charge is 0.457 e. The maximum absolute atomic E-state index is 15.6. The molecule has 1 unspecified atom stereocenters. The molecule has 1 atom stereocenters. The van der Waals surface area contributed by atoms with Gasteiger partial charge in [0.25, 0.3) is 11.8 Å². The molecule has 4 N–H and O–H groups in total. The zero-order valence-electron chi connectivity index (χ0n) is 22.5. The van der Waals surface area contributed by atoms with Gasteiger partial charge in [-0.1, -0.05) is 30.3 Å². The number of hydrogen-bond acceptors (Lipinski definition) is 6. The Kier molecular flexibility index (Phi) is 8.24. The van der Waals surface area contributed by atoms with Gasteiger partial charge in [0, 0.05) is 12.0 Å². The summed E-state index contributed by atoms with van der Waals surface area (Å²) in [6, 6.07) is 15.1. The molecule has 0 aromatic heterocycles. The van der Waals surface area contributed by atoms with Gasteiger partial charge in [0.2, 0.25) is 5.91 Å². The molecule has 1 aliphatic rings. The highest BCUT2D eigenvalue weighted by Gasteiger charge is 2.47. The minimum absolute atomic E-state index is 0.255. The van der Waals surface area contributed by atoms with E-state index in [4.69, 9.17) is 15.3 Å². The SMILES string of the molecule is CC(C)(C)OC(=O)NC1CC(F)(F)c2cc(F)c(C(=O)NN)cc2N(Cc2ccc(Oc3ccccc3)cc2)C1=O. The number of alkyl halides is 2. The fraction of sp³-hybridized carbons (Fsp3) is 0.276. The summed E-state index contributed by atoms with van der Waals surface area (Å²) in [6.45, 7) is 4.48. The molecule has 3 aromatic carbocycles. The van der Waals surface area contributed by atoms with Gasteiger partial charge < -0.3 is 19.7 Å². The maximum atomic E-state index is 15.6. The number of ether oxygens (including phenoxy) is 2. The molecule has 0 saturated heterocycles. The molecule has 0 bridgehead atoms. The van der Waals surface area contributed by atoms with Crippen LogP contribution in [0, 0.1) is 5.82 Å². The van der Waals surface area contributed by atoms with Crippen LogP contribution in [0.25, 0.3) is 0 Å². The van der Waals surface area contributed by atoms with E-state index in [2.05, 4.69) is 5.32 Å². The zero-order valence-corrected chi connectivity index (χ0v) is 22.5. The molecule has 1 heterocycles. The number of benzene rings is 3. The number of hydrazine groups is 1. The molecular formula is C29H29F3N4O5. The summed E-state index contributed by atoms with van der Waals surface area (Å²) < 4.78 is 56.9. The van der Waals surface area contributed by atoms with E-state index in [1.54, 1.807) is 62.6 Å². The Bertz CT molecular complexity index is 1440. The number of nitrogens with zero attached hydrogens (tertiary/aromatic N) is 1. The summed E-state index contributed by atoms with van der Waals surface area (Å²) in [5.74, 6) is -0.773. The van der Waals surface area contributed by atoms with Crippen LogP contribution in [-0.2, 0) is 22.0 Å². The summed E-state index contributed by atoms with van der Waals surface area (Å²) in [7, 11) is 0.